The lowest BCUT2D eigenvalue weighted by molar-refractivity contribution is 0.574. The molecule has 0 saturated heterocycles. The third-order valence-corrected chi connectivity index (χ3v) is 5.14. The average molecular weight is 391 g/mol. The quantitative estimate of drug-likeness (QED) is 0.341. The zero-order valence-electron chi connectivity index (χ0n) is 17.2. The first kappa shape index (κ1) is 21.0. The van der Waals surface area contributed by atoms with Crippen LogP contribution in [0.3, 0.4) is 0 Å². The fraction of sp³-hybridized carbons (Fsp3) is 0.259. The van der Waals surface area contributed by atoms with Crippen LogP contribution in [0.25, 0.3) is 23.3 Å². The minimum Gasteiger partial charge on any atom is -0.206 e. The Labute approximate surface area is 172 Å². The van der Waals surface area contributed by atoms with Crippen molar-refractivity contribution in [2.75, 3.05) is 0 Å². The highest BCUT2D eigenvalue weighted by molar-refractivity contribution is 5.72. The first-order valence-electron chi connectivity index (χ1n) is 10.5. The van der Waals surface area contributed by atoms with Crippen molar-refractivity contribution >= 4 is 12.2 Å². The van der Waals surface area contributed by atoms with Crippen LogP contribution in [0, 0.1) is 11.6 Å². The smallest absolute Gasteiger partial charge is 0.133 e. The van der Waals surface area contributed by atoms with Crippen LogP contribution in [0.5, 0.6) is 0 Å². The van der Waals surface area contributed by atoms with E-state index >= 15 is 0 Å². The molecule has 150 valence electrons. The molecule has 0 nitrogen and oxygen atoms in total. The monoisotopic (exact) mass is 390 g/mol. The largest absolute Gasteiger partial charge is 0.206 e. The first-order chi connectivity index (χ1) is 14.1. The topological polar surface area (TPSA) is 0 Å². The van der Waals surface area contributed by atoms with E-state index in [0.717, 1.165) is 24.0 Å². The van der Waals surface area contributed by atoms with Crippen molar-refractivity contribution < 1.29 is 8.78 Å². The predicted octanol–water partition coefficient (Wildman–Crippen LogP) is 8.10. The molecule has 0 N–H and O–H groups in total. The maximum Gasteiger partial charge on any atom is 0.133 e. The van der Waals surface area contributed by atoms with Gasteiger partial charge in [0.25, 0.3) is 0 Å². The van der Waals surface area contributed by atoms with Gasteiger partial charge in [0.05, 0.1) is 0 Å². The van der Waals surface area contributed by atoms with Gasteiger partial charge in [-0.15, -0.1) is 0 Å². The van der Waals surface area contributed by atoms with Crippen LogP contribution in [0.2, 0.25) is 0 Å². The summed E-state index contributed by atoms with van der Waals surface area (Å²) in [5, 5.41) is 0. The molecule has 2 heteroatoms. The van der Waals surface area contributed by atoms with Gasteiger partial charge in [-0.3, -0.25) is 0 Å². The Bertz CT molecular complexity index is 928. The molecule has 3 aromatic rings. The van der Waals surface area contributed by atoms with E-state index in [2.05, 4.69) is 31.2 Å². The lowest BCUT2D eigenvalue weighted by atomic mass is 10.0. The van der Waals surface area contributed by atoms with Gasteiger partial charge in [-0.05, 0) is 65.3 Å². The second-order valence-electron chi connectivity index (χ2n) is 7.48. The van der Waals surface area contributed by atoms with E-state index in [0.29, 0.717) is 12.0 Å². The fourth-order valence-corrected chi connectivity index (χ4v) is 3.44. The van der Waals surface area contributed by atoms with Crippen molar-refractivity contribution in [3.8, 4) is 11.1 Å². The van der Waals surface area contributed by atoms with Gasteiger partial charge in [-0.1, -0.05) is 81.3 Å². The zero-order chi connectivity index (χ0) is 20.6. The van der Waals surface area contributed by atoms with Gasteiger partial charge >= 0.3 is 0 Å². The molecule has 0 atom stereocenters. The normalized spacial score (nSPS) is 11.3. The van der Waals surface area contributed by atoms with Crippen LogP contribution in [-0.4, -0.2) is 0 Å². The van der Waals surface area contributed by atoms with Crippen molar-refractivity contribution in [3.63, 3.8) is 0 Å². The molecule has 29 heavy (non-hydrogen) atoms. The van der Waals surface area contributed by atoms with E-state index in [9.17, 15) is 8.78 Å². The number of unbranched alkanes of at least 4 members (excludes halogenated alkanes) is 1. The van der Waals surface area contributed by atoms with Crippen LogP contribution in [0.15, 0.2) is 60.7 Å². The summed E-state index contributed by atoms with van der Waals surface area (Å²) in [6, 6.07) is 19.6. The summed E-state index contributed by atoms with van der Waals surface area (Å²) in [4.78, 5) is 0. The van der Waals surface area contributed by atoms with E-state index in [1.165, 1.54) is 42.2 Å². The molecule has 0 amide bonds. The summed E-state index contributed by atoms with van der Waals surface area (Å²) in [7, 11) is 0. The maximum absolute atomic E-state index is 14.2. The Morgan fingerprint density at radius 3 is 1.79 bits per heavy atom. The Kier molecular flexibility index (Phi) is 7.35. The molecule has 0 aromatic heterocycles. The second-order valence-corrected chi connectivity index (χ2v) is 7.48. The highest BCUT2D eigenvalue weighted by atomic mass is 19.1. The minimum absolute atomic E-state index is 0.0107. The Morgan fingerprint density at radius 2 is 1.24 bits per heavy atom. The van der Waals surface area contributed by atoms with Gasteiger partial charge in [0.2, 0.25) is 0 Å². The molecule has 0 spiro atoms. The molecular formula is C27H28F2. The lowest BCUT2D eigenvalue weighted by Crippen LogP contribution is -1.93. The van der Waals surface area contributed by atoms with Gasteiger partial charge in [0.15, 0.2) is 0 Å². The van der Waals surface area contributed by atoms with Crippen molar-refractivity contribution in [2.24, 2.45) is 0 Å². The van der Waals surface area contributed by atoms with Crippen molar-refractivity contribution in [1.82, 2.24) is 0 Å². The molecular weight excluding hydrogens is 362 g/mol. The van der Waals surface area contributed by atoms with Gasteiger partial charge in [-0.25, -0.2) is 8.78 Å². The van der Waals surface area contributed by atoms with Crippen molar-refractivity contribution in [3.05, 3.63) is 94.6 Å². The fourth-order valence-electron chi connectivity index (χ4n) is 3.44. The molecule has 0 bridgehead atoms. The van der Waals surface area contributed by atoms with Crippen LogP contribution in [-0.2, 0) is 12.8 Å². The van der Waals surface area contributed by atoms with Crippen molar-refractivity contribution in [1.29, 1.82) is 0 Å². The summed E-state index contributed by atoms with van der Waals surface area (Å²) in [6.45, 7) is 4.20. The number of hydrogen-bond acceptors (Lipinski definition) is 0. The molecule has 0 aliphatic heterocycles. The molecule has 0 fully saturated rings. The lowest BCUT2D eigenvalue weighted by Gasteiger charge is -2.06. The first-order valence-corrected chi connectivity index (χ1v) is 10.5. The summed E-state index contributed by atoms with van der Waals surface area (Å²) >= 11 is 0. The van der Waals surface area contributed by atoms with E-state index in [-0.39, 0.29) is 5.56 Å². The van der Waals surface area contributed by atoms with E-state index in [1.807, 2.05) is 31.2 Å². The Hall–Kier alpha value is -2.74. The molecule has 0 saturated carbocycles. The summed E-state index contributed by atoms with van der Waals surface area (Å²) < 4.78 is 28.5. The summed E-state index contributed by atoms with van der Waals surface area (Å²) in [5.41, 5.74) is 5.28. The molecule has 0 aliphatic rings. The molecule has 0 radical (unpaired) electrons. The summed E-state index contributed by atoms with van der Waals surface area (Å²) in [6.07, 6.45) is 8.33. The third-order valence-electron chi connectivity index (χ3n) is 5.14. The number of aryl methyl sites for hydroxylation is 2. The number of halogens is 2. The SMILES string of the molecule is CCCCc1ccc(-c2ccc(C=Cc3c(F)cc(CCC)cc3F)cc2)cc1. The van der Waals surface area contributed by atoms with Crippen LogP contribution < -0.4 is 0 Å². The third kappa shape index (κ3) is 5.63. The average Bonchev–Trinajstić information content (AvgIpc) is 2.73. The molecule has 3 aromatic carbocycles. The number of hydrogen-bond donors (Lipinski definition) is 0. The standard InChI is InChI=1S/C27H28F2/c1-3-5-7-20-8-13-23(14-9-20)24-15-10-21(11-16-24)12-17-25-26(28)18-22(6-4-2)19-27(25)29/h8-19H,3-7H2,1-2H3. The van der Waals surface area contributed by atoms with E-state index in [4.69, 9.17) is 0 Å². The molecule has 0 heterocycles. The minimum atomic E-state index is -0.510. The number of rotatable bonds is 8. The Balaban J connectivity index is 1.72. The van der Waals surface area contributed by atoms with E-state index in [1.54, 1.807) is 6.08 Å². The molecule has 0 unspecified atom stereocenters. The highest BCUT2D eigenvalue weighted by Crippen LogP contribution is 2.23. The highest BCUT2D eigenvalue weighted by Gasteiger charge is 2.08. The predicted molar refractivity (Wildman–Crippen MR) is 120 cm³/mol. The summed E-state index contributed by atoms with van der Waals surface area (Å²) in [5.74, 6) is -1.02. The van der Waals surface area contributed by atoms with Crippen molar-refractivity contribution in [2.45, 2.75) is 46.0 Å². The van der Waals surface area contributed by atoms with Gasteiger partial charge in [-0.2, -0.15) is 0 Å². The number of benzene rings is 3. The van der Waals surface area contributed by atoms with Crippen LogP contribution in [0.4, 0.5) is 8.78 Å². The van der Waals surface area contributed by atoms with Gasteiger partial charge in [0, 0.05) is 5.56 Å². The van der Waals surface area contributed by atoms with E-state index < -0.39 is 11.6 Å². The van der Waals surface area contributed by atoms with Crippen LogP contribution in [0.1, 0.15) is 55.4 Å². The zero-order valence-corrected chi connectivity index (χ0v) is 17.2. The van der Waals surface area contributed by atoms with Gasteiger partial charge in [0.1, 0.15) is 11.6 Å². The molecule has 3 rings (SSSR count). The van der Waals surface area contributed by atoms with Gasteiger partial charge < -0.3 is 0 Å². The van der Waals surface area contributed by atoms with Crippen LogP contribution >= 0.6 is 0 Å². The molecule has 0 aliphatic carbocycles. The Morgan fingerprint density at radius 1 is 0.655 bits per heavy atom. The maximum atomic E-state index is 14.2. The second kappa shape index (κ2) is 10.2.